The second kappa shape index (κ2) is 10.0. The van der Waals surface area contributed by atoms with Crippen molar-refractivity contribution in [3.8, 4) is 56.0 Å². The Morgan fingerprint density at radius 1 is 0.286 bits per heavy atom. The summed E-state index contributed by atoms with van der Waals surface area (Å²) in [5.41, 5.74) is 9.64. The predicted molar refractivity (Wildman–Crippen MR) is 207 cm³/mol. The molecule has 0 bridgehead atoms. The third-order valence-corrected chi connectivity index (χ3v) is 10.5. The lowest BCUT2D eigenvalue weighted by molar-refractivity contribution is 0.488. The summed E-state index contributed by atoms with van der Waals surface area (Å²) >= 11 is 0. The molecule has 0 N–H and O–H groups in total. The highest BCUT2D eigenvalue weighted by molar-refractivity contribution is 6.25. The quantitative estimate of drug-likeness (QED) is 0.179. The van der Waals surface area contributed by atoms with Gasteiger partial charge >= 0.3 is 0 Å². The maximum atomic E-state index is 6.55. The summed E-state index contributed by atoms with van der Waals surface area (Å²) in [7, 11) is 0. The SMILES string of the molecule is c1ccc(-c2cc(-c3cc4c5c(cccc5c3)Oc3ccc5ccccc5c3-4)cc(-c3ccc4ccc5cccc6ccc3c4c56)c2)cc1. The normalized spacial score (nSPS) is 12.2. The lowest BCUT2D eigenvalue weighted by atomic mass is 9.86. The molecule has 1 aliphatic heterocycles. The molecule has 0 saturated carbocycles. The number of hydrogen-bond acceptors (Lipinski definition) is 1. The van der Waals surface area contributed by atoms with E-state index in [9.17, 15) is 0 Å². The zero-order valence-electron chi connectivity index (χ0n) is 26.6. The lowest BCUT2D eigenvalue weighted by Gasteiger charge is -2.24. The Bertz CT molecular complexity index is 2940. The first kappa shape index (κ1) is 26.6. The first-order valence-corrected chi connectivity index (χ1v) is 16.9. The van der Waals surface area contributed by atoms with E-state index in [0.29, 0.717) is 0 Å². The number of rotatable bonds is 3. The van der Waals surface area contributed by atoms with Gasteiger partial charge in [0.2, 0.25) is 0 Å². The topological polar surface area (TPSA) is 9.23 Å². The van der Waals surface area contributed by atoms with Crippen LogP contribution in [0.25, 0.3) is 98.4 Å². The van der Waals surface area contributed by atoms with E-state index >= 15 is 0 Å². The van der Waals surface area contributed by atoms with Crippen LogP contribution in [0, 0.1) is 0 Å². The average Bonchev–Trinajstić information content (AvgIpc) is 3.17. The number of ether oxygens (including phenoxy) is 1. The van der Waals surface area contributed by atoms with Gasteiger partial charge in [-0.2, -0.15) is 0 Å². The smallest absolute Gasteiger partial charge is 0.135 e. The molecule has 0 saturated heterocycles. The summed E-state index contributed by atoms with van der Waals surface area (Å²) in [6, 6.07) is 62.2. The van der Waals surface area contributed by atoms with Crippen LogP contribution >= 0.6 is 0 Å². The monoisotopic (exact) mass is 620 g/mol. The Labute approximate surface area is 283 Å². The van der Waals surface area contributed by atoms with E-state index in [1.54, 1.807) is 0 Å². The standard InChI is InChI=1S/C48H28O/c1-2-8-29(9-3-1)35-25-36(27-38(26-35)39-21-18-33-17-16-31-11-6-12-32-19-22-41(39)47(33)45(31)32)37-24-34-13-7-15-43-46(34)42(28-37)48-40-14-5-4-10-30(40)20-23-44(48)49-43/h1-28H. The Kier molecular flexibility index (Phi) is 5.45. The average molecular weight is 621 g/mol. The van der Waals surface area contributed by atoms with Crippen molar-refractivity contribution >= 4 is 53.9 Å². The van der Waals surface area contributed by atoms with E-state index in [4.69, 9.17) is 4.74 Å². The van der Waals surface area contributed by atoms with Crippen LogP contribution in [0.15, 0.2) is 170 Å². The predicted octanol–water partition coefficient (Wildman–Crippen LogP) is 13.7. The van der Waals surface area contributed by atoms with Gasteiger partial charge in [-0.1, -0.05) is 127 Å². The van der Waals surface area contributed by atoms with Gasteiger partial charge in [0, 0.05) is 10.9 Å². The first-order chi connectivity index (χ1) is 24.3. The van der Waals surface area contributed by atoms with E-state index in [1.807, 2.05) is 0 Å². The summed E-state index contributed by atoms with van der Waals surface area (Å²) < 4.78 is 6.55. The molecule has 0 spiro atoms. The lowest BCUT2D eigenvalue weighted by Crippen LogP contribution is -1.98. The van der Waals surface area contributed by atoms with Crippen molar-refractivity contribution in [2.75, 3.05) is 0 Å². The van der Waals surface area contributed by atoms with Crippen molar-refractivity contribution in [1.29, 1.82) is 0 Å². The highest BCUT2D eigenvalue weighted by atomic mass is 16.5. The highest BCUT2D eigenvalue weighted by Crippen LogP contribution is 2.51. The molecule has 0 fully saturated rings. The molecule has 11 rings (SSSR count). The molecule has 0 amide bonds. The minimum Gasteiger partial charge on any atom is -0.456 e. The maximum Gasteiger partial charge on any atom is 0.135 e. The Morgan fingerprint density at radius 3 is 1.80 bits per heavy atom. The highest BCUT2D eigenvalue weighted by Gasteiger charge is 2.23. The van der Waals surface area contributed by atoms with Crippen LogP contribution in [0.1, 0.15) is 0 Å². The van der Waals surface area contributed by atoms with Crippen molar-refractivity contribution in [1.82, 2.24) is 0 Å². The van der Waals surface area contributed by atoms with Gasteiger partial charge < -0.3 is 4.74 Å². The van der Waals surface area contributed by atoms with E-state index in [-0.39, 0.29) is 0 Å². The van der Waals surface area contributed by atoms with E-state index in [1.165, 1.54) is 92.8 Å². The van der Waals surface area contributed by atoms with Crippen LogP contribution in [-0.4, -0.2) is 0 Å². The largest absolute Gasteiger partial charge is 0.456 e. The van der Waals surface area contributed by atoms with E-state index in [2.05, 4.69) is 170 Å². The minimum atomic E-state index is 0.906. The van der Waals surface area contributed by atoms with Crippen LogP contribution in [0.5, 0.6) is 11.5 Å². The molecule has 49 heavy (non-hydrogen) atoms. The molecule has 1 heterocycles. The van der Waals surface area contributed by atoms with E-state index in [0.717, 1.165) is 17.1 Å². The van der Waals surface area contributed by atoms with Crippen LogP contribution in [0.3, 0.4) is 0 Å². The number of hydrogen-bond donors (Lipinski definition) is 0. The van der Waals surface area contributed by atoms with Crippen LogP contribution < -0.4 is 4.74 Å². The molecule has 0 aromatic heterocycles. The van der Waals surface area contributed by atoms with Gasteiger partial charge in [-0.05, 0) is 130 Å². The van der Waals surface area contributed by atoms with Gasteiger partial charge in [-0.25, -0.2) is 0 Å². The summed E-state index contributed by atoms with van der Waals surface area (Å²) in [6.07, 6.45) is 0. The van der Waals surface area contributed by atoms with Crippen LogP contribution in [0.2, 0.25) is 0 Å². The Balaban J connectivity index is 1.20. The zero-order chi connectivity index (χ0) is 32.1. The van der Waals surface area contributed by atoms with Crippen LogP contribution in [0.4, 0.5) is 0 Å². The molecule has 1 aliphatic rings. The van der Waals surface area contributed by atoms with Crippen molar-refractivity contribution < 1.29 is 4.74 Å². The van der Waals surface area contributed by atoms with Gasteiger partial charge in [0.1, 0.15) is 11.5 Å². The fourth-order valence-corrected chi connectivity index (χ4v) is 8.31. The van der Waals surface area contributed by atoms with E-state index < -0.39 is 0 Å². The molecule has 10 aromatic carbocycles. The fraction of sp³-hybridized carbons (Fsp3) is 0. The summed E-state index contributed by atoms with van der Waals surface area (Å²) in [5.74, 6) is 1.82. The second-order valence-electron chi connectivity index (χ2n) is 13.3. The third-order valence-electron chi connectivity index (χ3n) is 10.5. The summed E-state index contributed by atoms with van der Waals surface area (Å²) in [6.45, 7) is 0. The van der Waals surface area contributed by atoms with Gasteiger partial charge in [0.15, 0.2) is 0 Å². The Morgan fingerprint density at radius 2 is 0.918 bits per heavy atom. The molecule has 0 unspecified atom stereocenters. The molecule has 10 aromatic rings. The first-order valence-electron chi connectivity index (χ1n) is 16.9. The molecule has 1 nitrogen and oxygen atoms in total. The van der Waals surface area contributed by atoms with Crippen molar-refractivity contribution in [3.05, 3.63) is 170 Å². The fourth-order valence-electron chi connectivity index (χ4n) is 8.31. The number of fused-ring (bicyclic) bond motifs is 4. The Hall–Kier alpha value is -6.44. The van der Waals surface area contributed by atoms with Gasteiger partial charge in [-0.3, -0.25) is 0 Å². The molecule has 0 radical (unpaired) electrons. The van der Waals surface area contributed by atoms with Gasteiger partial charge in [0.05, 0.1) is 0 Å². The molecule has 0 atom stereocenters. The van der Waals surface area contributed by atoms with Crippen molar-refractivity contribution in [2.24, 2.45) is 0 Å². The number of benzene rings is 10. The van der Waals surface area contributed by atoms with Crippen LogP contribution in [-0.2, 0) is 0 Å². The molecular weight excluding hydrogens is 593 g/mol. The third kappa shape index (κ3) is 3.94. The maximum absolute atomic E-state index is 6.55. The zero-order valence-corrected chi connectivity index (χ0v) is 26.6. The minimum absolute atomic E-state index is 0.906. The molecule has 0 aliphatic carbocycles. The van der Waals surface area contributed by atoms with Gasteiger partial charge in [-0.15, -0.1) is 0 Å². The van der Waals surface area contributed by atoms with Crippen molar-refractivity contribution in [2.45, 2.75) is 0 Å². The molecule has 1 heteroatoms. The van der Waals surface area contributed by atoms with Crippen molar-refractivity contribution in [3.63, 3.8) is 0 Å². The summed E-state index contributed by atoms with van der Waals surface area (Å²) in [4.78, 5) is 0. The summed E-state index contributed by atoms with van der Waals surface area (Å²) in [5, 5.41) is 12.6. The molecular formula is C48H28O. The second-order valence-corrected chi connectivity index (χ2v) is 13.3. The molecule has 226 valence electrons. The van der Waals surface area contributed by atoms with Gasteiger partial charge in [0.25, 0.3) is 0 Å².